The second-order valence-corrected chi connectivity index (χ2v) is 20.5. The van der Waals surface area contributed by atoms with E-state index in [9.17, 15) is 14.8 Å². The third-order valence-corrected chi connectivity index (χ3v) is 14.6. The maximum Gasteiger partial charge on any atom is 0.351 e. The Labute approximate surface area is 366 Å². The van der Waals surface area contributed by atoms with E-state index in [0.717, 1.165) is 33.6 Å². The fourth-order valence-electron chi connectivity index (χ4n) is 6.84. The number of methoxy groups -OCH3 is 2. The molecule has 1 N–H and O–H groups in total. The van der Waals surface area contributed by atoms with Gasteiger partial charge in [-0.05, 0) is 88.0 Å². The summed E-state index contributed by atoms with van der Waals surface area (Å²) >= 11 is 19.3. The Balaban J connectivity index is 1.23. The summed E-state index contributed by atoms with van der Waals surface area (Å²) in [7, 11) is 3.21. The van der Waals surface area contributed by atoms with E-state index in [1.54, 1.807) is 62.8 Å². The largest absolute Gasteiger partial charge is 0.858 e. The molecule has 6 aromatic rings. The summed E-state index contributed by atoms with van der Waals surface area (Å²) in [6.45, 7) is -0.0850. The molecule has 310 valence electrons. The zero-order valence-corrected chi connectivity index (χ0v) is 36.3. The zero-order valence-electron chi connectivity index (χ0n) is 32.3. The summed E-state index contributed by atoms with van der Waals surface area (Å²) in [5, 5.41) is 13.7. The molecular weight excluding hydrogens is 865 g/mol. The van der Waals surface area contributed by atoms with Gasteiger partial charge < -0.3 is 33.5 Å². The van der Waals surface area contributed by atoms with Gasteiger partial charge in [-0.15, -0.1) is 0 Å². The zero-order chi connectivity index (χ0) is 42.3. The Kier molecular flexibility index (Phi) is 14.1. The topological polar surface area (TPSA) is 137 Å². The van der Waals surface area contributed by atoms with Gasteiger partial charge in [-0.1, -0.05) is 126 Å². The molecule has 1 aromatic heterocycles. The highest BCUT2D eigenvalue weighted by Gasteiger charge is 2.44. The molecule has 1 fully saturated rings. The first kappa shape index (κ1) is 43.6. The summed E-state index contributed by atoms with van der Waals surface area (Å²) in [4.78, 5) is 33.3. The fraction of sp³-hybridized carbons (Fsp3) is 0.205. The van der Waals surface area contributed by atoms with Gasteiger partial charge in [-0.2, -0.15) is 4.98 Å². The normalized spacial score (nSPS) is 17.9. The molecule has 7 rings (SSSR count). The lowest BCUT2D eigenvalue weighted by atomic mass is 9.80. The maximum absolute atomic E-state index is 13.6. The van der Waals surface area contributed by atoms with Gasteiger partial charge in [0.15, 0.2) is 5.82 Å². The Bertz CT molecular complexity index is 2490. The van der Waals surface area contributed by atoms with Crippen LogP contribution in [0.3, 0.4) is 0 Å². The molecule has 0 bridgehead atoms. The lowest BCUT2D eigenvalue weighted by Gasteiger charge is -2.37. The van der Waals surface area contributed by atoms with Crippen molar-refractivity contribution in [2.75, 3.05) is 20.8 Å². The van der Waals surface area contributed by atoms with Gasteiger partial charge in [0, 0.05) is 28.4 Å². The van der Waals surface area contributed by atoms with Gasteiger partial charge in [-0.3, -0.25) is 4.57 Å². The lowest BCUT2D eigenvalue weighted by molar-refractivity contribution is -0.212. The Morgan fingerprint density at radius 3 is 2.10 bits per heavy atom. The highest BCUT2D eigenvalue weighted by atomic mass is 35.5. The van der Waals surface area contributed by atoms with Crippen molar-refractivity contribution in [2.24, 2.45) is 4.99 Å². The number of hydrogen-bond donors (Lipinski definition) is 1. The van der Waals surface area contributed by atoms with Crippen LogP contribution in [-0.2, 0) is 37.2 Å². The first-order valence-electron chi connectivity index (χ1n) is 18.6. The van der Waals surface area contributed by atoms with E-state index in [1.165, 1.54) is 16.8 Å². The second-order valence-electron chi connectivity index (χ2n) is 13.6. The van der Waals surface area contributed by atoms with Crippen LogP contribution >= 0.6 is 40.3 Å². The highest BCUT2D eigenvalue weighted by Crippen LogP contribution is 2.60. The molecule has 11 nitrogen and oxygen atoms in total. The minimum Gasteiger partial charge on any atom is -0.858 e. The predicted octanol–water partition coefficient (Wildman–Crippen LogP) is 8.84. The number of rotatable bonds is 16. The molecule has 1 unspecified atom stereocenters. The number of nitrogens with zero attached hydrogens (tertiary/aromatic N) is 3. The number of halogens is 2. The second kappa shape index (κ2) is 19.5. The van der Waals surface area contributed by atoms with Crippen LogP contribution in [-0.4, -0.2) is 53.4 Å². The number of ether oxygens (including phenoxy) is 4. The van der Waals surface area contributed by atoms with Crippen LogP contribution in [0.25, 0.3) is 0 Å². The highest BCUT2D eigenvalue weighted by molar-refractivity contribution is 8.67. The predicted molar refractivity (Wildman–Crippen MR) is 237 cm³/mol. The van der Waals surface area contributed by atoms with Gasteiger partial charge in [0.2, 0.25) is 5.69 Å². The number of aromatic nitrogens is 2. The van der Waals surface area contributed by atoms with Crippen molar-refractivity contribution in [1.82, 2.24) is 9.55 Å². The summed E-state index contributed by atoms with van der Waals surface area (Å²) in [5.41, 5.74) is -2.01. The van der Waals surface area contributed by atoms with E-state index in [2.05, 4.69) is 9.98 Å². The van der Waals surface area contributed by atoms with Crippen LogP contribution in [0.1, 0.15) is 40.5 Å². The molecule has 0 radical (unpaired) electrons. The molecule has 2 heterocycles. The number of hydrogen-bond acceptors (Lipinski definition) is 11. The average Bonchev–Trinajstić information content (AvgIpc) is 3.65. The van der Waals surface area contributed by atoms with Crippen molar-refractivity contribution < 1.29 is 33.5 Å². The van der Waals surface area contributed by atoms with Crippen molar-refractivity contribution in [3.05, 3.63) is 188 Å². The molecule has 1 aliphatic rings. The van der Waals surface area contributed by atoms with Crippen LogP contribution in [0.2, 0.25) is 10.0 Å². The van der Waals surface area contributed by atoms with Crippen LogP contribution in [0, 0.1) is 0 Å². The lowest BCUT2D eigenvalue weighted by Crippen LogP contribution is -2.38. The molecule has 16 heteroatoms. The minimum absolute atomic E-state index is 0.0504. The van der Waals surface area contributed by atoms with Gasteiger partial charge in [0.25, 0.3) is 0 Å². The molecule has 4 atom stereocenters. The summed E-state index contributed by atoms with van der Waals surface area (Å²) < 4.78 is 32.4. The number of benzene rings is 5. The van der Waals surface area contributed by atoms with E-state index in [0.29, 0.717) is 27.1 Å². The third-order valence-electron chi connectivity index (χ3n) is 9.85. The molecule has 0 amide bonds. The SMILES string of the molecule is COc1ccc(C(OC[C@H]2O[C@@H](n3ccc(N=C([O-])c4ccccc4)nc3=O)C[C@@H]2OP(O)(=S)SCc2ccc(Cl)cc2Cl)(c2ccccc2)c2ccc(OC)cc2)cc1. The van der Waals surface area contributed by atoms with E-state index < -0.39 is 41.3 Å². The molecule has 0 aliphatic carbocycles. The van der Waals surface area contributed by atoms with Crippen molar-refractivity contribution in [1.29, 1.82) is 0 Å². The third kappa shape index (κ3) is 10.1. The van der Waals surface area contributed by atoms with Gasteiger partial charge in [-0.25, -0.2) is 9.79 Å². The van der Waals surface area contributed by atoms with Crippen molar-refractivity contribution in [3.63, 3.8) is 0 Å². The van der Waals surface area contributed by atoms with E-state index in [4.69, 9.17) is 58.5 Å². The number of aliphatic imine (C=N–C) groups is 1. The molecule has 1 saturated heterocycles. The van der Waals surface area contributed by atoms with Crippen LogP contribution in [0.5, 0.6) is 11.5 Å². The van der Waals surface area contributed by atoms with Crippen LogP contribution < -0.4 is 20.3 Å². The van der Waals surface area contributed by atoms with Gasteiger partial charge in [0.1, 0.15) is 29.4 Å². The smallest absolute Gasteiger partial charge is 0.351 e. The van der Waals surface area contributed by atoms with Gasteiger partial charge >= 0.3 is 5.69 Å². The van der Waals surface area contributed by atoms with Crippen LogP contribution in [0.15, 0.2) is 149 Å². The Morgan fingerprint density at radius 1 is 0.917 bits per heavy atom. The first-order chi connectivity index (χ1) is 29.0. The summed E-state index contributed by atoms with van der Waals surface area (Å²) in [6.07, 6.45) is -1.07. The summed E-state index contributed by atoms with van der Waals surface area (Å²) in [5.74, 6) is 0.998. The molecule has 0 saturated carbocycles. The van der Waals surface area contributed by atoms with E-state index >= 15 is 0 Å². The standard InChI is InChI=1S/C44H40Cl2N3O8PS2/c1-53-35-19-14-32(15-20-35)44(31-11-7-4-8-12-31,33-16-21-36(54-2)22-17-33)55-27-39-38(57-58(52,59)60-28-30-13-18-34(45)25-37(30)46)26-41(56-39)49-24-23-40(48-43(49)51)47-42(50)29-9-5-3-6-10-29/h3-25,38-39,41H,26-28H2,1-2H3,(H,52,59)(H,47,48,50,51)/p-1/t38-,39+,41+,58?/m0/s1. The van der Waals surface area contributed by atoms with Gasteiger partial charge in [0.05, 0.1) is 26.9 Å². The Hall–Kier alpha value is -4.53. The molecule has 0 spiro atoms. The average molecular weight is 904 g/mol. The van der Waals surface area contributed by atoms with Crippen molar-refractivity contribution in [3.8, 4) is 11.5 Å². The first-order valence-corrected chi connectivity index (χ1v) is 23.6. The monoisotopic (exact) mass is 902 g/mol. The Morgan fingerprint density at radius 2 is 1.52 bits per heavy atom. The molecule has 1 aliphatic heterocycles. The van der Waals surface area contributed by atoms with E-state index in [1.807, 2.05) is 78.9 Å². The summed E-state index contributed by atoms with van der Waals surface area (Å²) in [6, 6.07) is 40.0. The van der Waals surface area contributed by atoms with E-state index in [-0.39, 0.29) is 24.6 Å². The maximum atomic E-state index is 13.6. The van der Waals surface area contributed by atoms with Crippen molar-refractivity contribution in [2.45, 2.75) is 36.2 Å². The molecular formula is C44H39Cl2N3O8PS2-. The van der Waals surface area contributed by atoms with Crippen molar-refractivity contribution >= 4 is 63.8 Å². The quantitative estimate of drug-likeness (QED) is 0.0432. The van der Waals surface area contributed by atoms with Crippen LogP contribution in [0.4, 0.5) is 5.82 Å². The minimum atomic E-state index is -3.58. The molecule has 5 aromatic carbocycles. The molecule has 60 heavy (non-hydrogen) atoms. The fourth-order valence-corrected chi connectivity index (χ4v) is 10.8.